The minimum Gasteiger partial charge on any atom is -0.314 e. The van der Waals surface area contributed by atoms with Crippen LogP contribution in [-0.4, -0.2) is 62.2 Å². The number of likely N-dealkylation sites (tertiary alicyclic amines) is 1. The predicted octanol–water partition coefficient (Wildman–Crippen LogP) is 2.96. The van der Waals surface area contributed by atoms with Crippen LogP contribution < -0.4 is 5.32 Å². The summed E-state index contributed by atoms with van der Waals surface area (Å²) in [7, 11) is 4.43. The topological polar surface area (TPSA) is 18.5 Å². The third-order valence-corrected chi connectivity index (χ3v) is 5.36. The monoisotopic (exact) mass is 295 g/mol. The van der Waals surface area contributed by atoms with Crippen molar-refractivity contribution in [1.82, 2.24) is 15.1 Å². The van der Waals surface area contributed by atoms with Crippen molar-refractivity contribution in [1.29, 1.82) is 0 Å². The average Bonchev–Trinajstić information content (AvgIpc) is 2.74. The molecule has 3 nitrogen and oxygen atoms in total. The Morgan fingerprint density at radius 1 is 1.05 bits per heavy atom. The molecule has 1 N–H and O–H groups in total. The lowest BCUT2D eigenvalue weighted by Gasteiger charge is -2.34. The van der Waals surface area contributed by atoms with Gasteiger partial charge in [0.1, 0.15) is 0 Å². The minimum absolute atomic E-state index is 0.771. The molecule has 3 heteroatoms. The highest BCUT2D eigenvalue weighted by molar-refractivity contribution is 4.87. The Morgan fingerprint density at radius 3 is 2.62 bits per heavy atom. The second-order valence-corrected chi connectivity index (χ2v) is 7.51. The van der Waals surface area contributed by atoms with E-state index in [0.717, 1.165) is 18.0 Å². The van der Waals surface area contributed by atoms with Gasteiger partial charge in [0.2, 0.25) is 0 Å². The maximum Gasteiger partial charge on any atom is 0.0223 e. The molecule has 0 bridgehead atoms. The van der Waals surface area contributed by atoms with Gasteiger partial charge in [0.15, 0.2) is 0 Å². The fraction of sp³-hybridized carbons (Fsp3) is 1.00. The van der Waals surface area contributed by atoms with Crippen molar-refractivity contribution in [2.75, 3.05) is 40.3 Å². The largest absolute Gasteiger partial charge is 0.314 e. The van der Waals surface area contributed by atoms with E-state index in [2.05, 4.69) is 36.1 Å². The predicted molar refractivity (Wildman–Crippen MR) is 91.8 cm³/mol. The van der Waals surface area contributed by atoms with Gasteiger partial charge in [-0.25, -0.2) is 0 Å². The van der Waals surface area contributed by atoms with Gasteiger partial charge in [-0.05, 0) is 65.2 Å². The van der Waals surface area contributed by atoms with Crippen LogP contribution in [0.25, 0.3) is 0 Å². The highest BCUT2D eigenvalue weighted by Crippen LogP contribution is 2.27. The Balaban J connectivity index is 1.90. The first-order chi connectivity index (χ1) is 10.2. The van der Waals surface area contributed by atoms with Gasteiger partial charge >= 0.3 is 0 Å². The van der Waals surface area contributed by atoms with Crippen molar-refractivity contribution in [3.05, 3.63) is 0 Å². The van der Waals surface area contributed by atoms with Gasteiger partial charge < -0.3 is 10.2 Å². The van der Waals surface area contributed by atoms with Crippen molar-refractivity contribution >= 4 is 0 Å². The molecule has 2 rings (SSSR count). The number of likely N-dealkylation sites (N-methyl/N-ethyl adjacent to an activating group) is 1. The molecule has 1 saturated heterocycles. The van der Waals surface area contributed by atoms with E-state index in [1.807, 2.05) is 0 Å². The van der Waals surface area contributed by atoms with E-state index in [1.165, 1.54) is 77.5 Å². The summed E-state index contributed by atoms with van der Waals surface area (Å²) in [5.74, 6) is 0.877. The first-order valence-electron chi connectivity index (χ1n) is 9.33. The van der Waals surface area contributed by atoms with Crippen LogP contribution >= 0.6 is 0 Å². The van der Waals surface area contributed by atoms with Gasteiger partial charge in [-0.15, -0.1) is 0 Å². The smallest absolute Gasteiger partial charge is 0.0223 e. The fourth-order valence-electron chi connectivity index (χ4n) is 4.27. The molecule has 0 amide bonds. The van der Waals surface area contributed by atoms with E-state index >= 15 is 0 Å². The van der Waals surface area contributed by atoms with Gasteiger partial charge in [-0.1, -0.05) is 26.2 Å². The van der Waals surface area contributed by atoms with Crippen molar-refractivity contribution in [2.45, 2.75) is 70.4 Å². The number of hydrogen-bond donors (Lipinski definition) is 1. The summed E-state index contributed by atoms with van der Waals surface area (Å²) in [6, 6.07) is 1.57. The van der Waals surface area contributed by atoms with Gasteiger partial charge in [0, 0.05) is 25.2 Å². The van der Waals surface area contributed by atoms with Crippen LogP contribution in [0.5, 0.6) is 0 Å². The van der Waals surface area contributed by atoms with E-state index in [4.69, 9.17) is 0 Å². The molecule has 0 radical (unpaired) electrons. The van der Waals surface area contributed by atoms with Crippen LogP contribution in [0, 0.1) is 5.92 Å². The van der Waals surface area contributed by atoms with E-state index < -0.39 is 0 Å². The maximum atomic E-state index is 3.85. The summed E-state index contributed by atoms with van der Waals surface area (Å²) in [5.41, 5.74) is 0. The normalized spacial score (nSPS) is 31.7. The lowest BCUT2D eigenvalue weighted by atomic mass is 9.93. The SMILES string of the molecule is CCCNC1CCCCCC1CN1CCCC1CN(C)C. The molecule has 1 aliphatic heterocycles. The Kier molecular flexibility index (Phi) is 7.48. The maximum absolute atomic E-state index is 3.85. The zero-order chi connectivity index (χ0) is 15.1. The molecule has 1 saturated carbocycles. The van der Waals surface area contributed by atoms with Crippen molar-refractivity contribution < 1.29 is 0 Å². The Hall–Kier alpha value is -0.120. The van der Waals surface area contributed by atoms with Crippen LogP contribution in [0.2, 0.25) is 0 Å². The highest BCUT2D eigenvalue weighted by atomic mass is 15.2. The van der Waals surface area contributed by atoms with Gasteiger partial charge in [0.05, 0.1) is 0 Å². The van der Waals surface area contributed by atoms with E-state index in [0.29, 0.717) is 0 Å². The van der Waals surface area contributed by atoms with Crippen LogP contribution in [0.1, 0.15) is 58.3 Å². The van der Waals surface area contributed by atoms with Crippen molar-refractivity contribution in [3.8, 4) is 0 Å². The highest BCUT2D eigenvalue weighted by Gasteiger charge is 2.30. The first-order valence-corrected chi connectivity index (χ1v) is 9.33. The number of hydrogen-bond acceptors (Lipinski definition) is 3. The summed E-state index contributed by atoms with van der Waals surface area (Å²) in [4.78, 5) is 5.17. The average molecular weight is 296 g/mol. The number of rotatable bonds is 7. The first kappa shape index (κ1) is 17.2. The molecule has 0 aromatic rings. The third-order valence-electron chi connectivity index (χ3n) is 5.36. The lowest BCUT2D eigenvalue weighted by molar-refractivity contribution is 0.159. The molecule has 3 atom stereocenters. The van der Waals surface area contributed by atoms with E-state index in [-0.39, 0.29) is 0 Å². The molecule has 21 heavy (non-hydrogen) atoms. The number of nitrogens with zero attached hydrogens (tertiary/aromatic N) is 2. The summed E-state index contributed by atoms with van der Waals surface area (Å²) in [5, 5.41) is 3.85. The third kappa shape index (κ3) is 5.54. The molecule has 0 aromatic carbocycles. The van der Waals surface area contributed by atoms with Crippen LogP contribution in [0.4, 0.5) is 0 Å². The number of nitrogens with one attached hydrogen (secondary N) is 1. The van der Waals surface area contributed by atoms with Crippen LogP contribution in [0.3, 0.4) is 0 Å². The standard InChI is InChI=1S/C18H37N3/c1-4-12-19-18-11-7-5-6-9-16(18)14-21-13-8-10-17(21)15-20(2)3/h16-19H,4-15H2,1-3H3. The molecule has 0 aromatic heterocycles. The van der Waals surface area contributed by atoms with E-state index in [1.54, 1.807) is 0 Å². The van der Waals surface area contributed by atoms with Crippen molar-refractivity contribution in [3.63, 3.8) is 0 Å². The molecule has 0 spiro atoms. The zero-order valence-corrected chi connectivity index (χ0v) is 14.6. The Bertz CT molecular complexity index is 280. The van der Waals surface area contributed by atoms with Crippen LogP contribution in [0.15, 0.2) is 0 Å². The van der Waals surface area contributed by atoms with Crippen LogP contribution in [-0.2, 0) is 0 Å². The molecular weight excluding hydrogens is 258 g/mol. The lowest BCUT2D eigenvalue weighted by Crippen LogP contribution is -2.45. The molecule has 3 unspecified atom stereocenters. The molecule has 1 aliphatic carbocycles. The summed E-state index contributed by atoms with van der Waals surface area (Å²) in [6.07, 6.45) is 11.2. The van der Waals surface area contributed by atoms with Gasteiger partial charge in [-0.2, -0.15) is 0 Å². The van der Waals surface area contributed by atoms with Gasteiger partial charge in [0.25, 0.3) is 0 Å². The molecule has 2 aliphatic rings. The zero-order valence-electron chi connectivity index (χ0n) is 14.6. The molecule has 2 fully saturated rings. The summed E-state index contributed by atoms with van der Waals surface area (Å²) >= 11 is 0. The molecule has 124 valence electrons. The van der Waals surface area contributed by atoms with E-state index in [9.17, 15) is 0 Å². The fourth-order valence-corrected chi connectivity index (χ4v) is 4.27. The molecular formula is C18H37N3. The minimum atomic E-state index is 0.771. The Morgan fingerprint density at radius 2 is 1.86 bits per heavy atom. The molecule has 1 heterocycles. The summed E-state index contributed by atoms with van der Waals surface area (Å²) in [6.45, 7) is 7.38. The second kappa shape index (κ2) is 9.12. The summed E-state index contributed by atoms with van der Waals surface area (Å²) < 4.78 is 0. The quantitative estimate of drug-likeness (QED) is 0.729. The Labute approximate surface area is 132 Å². The second-order valence-electron chi connectivity index (χ2n) is 7.51. The van der Waals surface area contributed by atoms with Crippen molar-refractivity contribution in [2.24, 2.45) is 5.92 Å². The van der Waals surface area contributed by atoms with Gasteiger partial charge in [-0.3, -0.25) is 4.90 Å².